The maximum absolute atomic E-state index is 12.4. The molecule has 4 nitrogen and oxygen atoms in total. The number of carbonyl (C=O) groups is 1. The summed E-state index contributed by atoms with van der Waals surface area (Å²) in [5, 5.41) is 9.71. The summed E-state index contributed by atoms with van der Waals surface area (Å²) in [5.74, 6) is 0.0485. The van der Waals surface area contributed by atoms with Gasteiger partial charge in [-0.25, -0.2) is 0 Å². The highest BCUT2D eigenvalue weighted by atomic mass is 127. The van der Waals surface area contributed by atoms with Gasteiger partial charge in [0.25, 0.3) is 5.91 Å². The quantitative estimate of drug-likeness (QED) is 0.828. The lowest BCUT2D eigenvalue weighted by Gasteiger charge is -2.21. The number of carbonyl (C=O) groups excluding carboxylic acids is 1. The Balaban J connectivity index is 2.18. The number of hydrogen-bond donors (Lipinski definition) is 1. The van der Waals surface area contributed by atoms with Gasteiger partial charge in [0.1, 0.15) is 5.75 Å². The zero-order valence-electron chi connectivity index (χ0n) is 11.1. The van der Waals surface area contributed by atoms with Gasteiger partial charge in [-0.3, -0.25) is 9.78 Å². The van der Waals surface area contributed by atoms with Crippen LogP contribution in [0.2, 0.25) is 0 Å². The number of benzene rings is 1. The van der Waals surface area contributed by atoms with Gasteiger partial charge in [-0.05, 0) is 65.4 Å². The van der Waals surface area contributed by atoms with Crippen molar-refractivity contribution in [2.24, 2.45) is 0 Å². The first kappa shape index (κ1) is 14.8. The lowest BCUT2D eigenvalue weighted by molar-refractivity contribution is 0.0752. The van der Waals surface area contributed by atoms with Crippen molar-refractivity contribution in [3.8, 4) is 5.75 Å². The molecule has 0 spiro atoms. The first-order valence-corrected chi connectivity index (χ1v) is 7.36. The number of halogens is 1. The Morgan fingerprint density at radius 3 is 2.60 bits per heavy atom. The molecule has 0 saturated heterocycles. The van der Waals surface area contributed by atoms with Crippen molar-refractivity contribution in [1.29, 1.82) is 0 Å². The summed E-state index contributed by atoms with van der Waals surface area (Å²) < 4.78 is 0.733. The van der Waals surface area contributed by atoms with Crippen molar-refractivity contribution in [2.75, 3.05) is 6.54 Å². The van der Waals surface area contributed by atoms with Crippen LogP contribution in [-0.2, 0) is 6.54 Å². The van der Waals surface area contributed by atoms with E-state index in [0.29, 0.717) is 18.7 Å². The van der Waals surface area contributed by atoms with Gasteiger partial charge in [-0.2, -0.15) is 0 Å². The molecular weight excluding hydrogens is 367 g/mol. The number of hydrogen-bond acceptors (Lipinski definition) is 3. The van der Waals surface area contributed by atoms with Crippen molar-refractivity contribution in [2.45, 2.75) is 13.5 Å². The summed E-state index contributed by atoms with van der Waals surface area (Å²) in [6.07, 6.45) is 3.43. The van der Waals surface area contributed by atoms with Crippen LogP contribution in [0.4, 0.5) is 0 Å². The highest BCUT2D eigenvalue weighted by Gasteiger charge is 2.15. The second-order valence-electron chi connectivity index (χ2n) is 4.34. The fourth-order valence-electron chi connectivity index (χ4n) is 1.86. The fourth-order valence-corrected chi connectivity index (χ4v) is 2.20. The topological polar surface area (TPSA) is 53.4 Å². The number of rotatable bonds is 4. The monoisotopic (exact) mass is 382 g/mol. The zero-order chi connectivity index (χ0) is 14.5. The third-order valence-corrected chi connectivity index (χ3v) is 3.90. The summed E-state index contributed by atoms with van der Waals surface area (Å²) >= 11 is 2.03. The van der Waals surface area contributed by atoms with Crippen molar-refractivity contribution >= 4 is 28.5 Å². The number of phenolic OH excluding ortho intramolecular Hbond substituents is 1. The Morgan fingerprint density at radius 2 is 2.00 bits per heavy atom. The molecule has 0 radical (unpaired) electrons. The van der Waals surface area contributed by atoms with Crippen LogP contribution in [-0.4, -0.2) is 27.4 Å². The largest absolute Gasteiger partial charge is 0.507 e. The zero-order valence-corrected chi connectivity index (χ0v) is 13.2. The van der Waals surface area contributed by atoms with E-state index < -0.39 is 0 Å². The minimum atomic E-state index is -0.0870. The summed E-state index contributed by atoms with van der Waals surface area (Å²) in [4.78, 5) is 18.1. The van der Waals surface area contributed by atoms with E-state index in [1.54, 1.807) is 29.4 Å². The predicted molar refractivity (Wildman–Crippen MR) is 85.5 cm³/mol. The van der Waals surface area contributed by atoms with E-state index >= 15 is 0 Å². The van der Waals surface area contributed by atoms with Crippen LogP contribution in [0, 0.1) is 3.57 Å². The average Bonchev–Trinajstić information content (AvgIpc) is 2.48. The Hall–Kier alpha value is -1.63. The molecule has 1 heterocycles. The fraction of sp³-hybridized carbons (Fsp3) is 0.200. The van der Waals surface area contributed by atoms with Gasteiger partial charge >= 0.3 is 0 Å². The van der Waals surface area contributed by atoms with E-state index in [1.165, 1.54) is 6.07 Å². The normalized spacial score (nSPS) is 10.3. The summed E-state index contributed by atoms with van der Waals surface area (Å²) in [6.45, 7) is 3.07. The highest BCUT2D eigenvalue weighted by Crippen LogP contribution is 2.21. The van der Waals surface area contributed by atoms with Gasteiger partial charge in [0.15, 0.2) is 0 Å². The van der Waals surface area contributed by atoms with E-state index in [4.69, 9.17) is 0 Å². The van der Waals surface area contributed by atoms with Gasteiger partial charge in [-0.15, -0.1) is 0 Å². The molecule has 0 atom stereocenters. The third kappa shape index (κ3) is 3.47. The highest BCUT2D eigenvalue weighted by molar-refractivity contribution is 14.1. The SMILES string of the molecule is CCN(Cc1ccncc1)C(=O)c1ccc(I)c(O)c1. The predicted octanol–water partition coefficient (Wildman–Crippen LogP) is 3.05. The van der Waals surface area contributed by atoms with Crippen LogP contribution in [0.15, 0.2) is 42.7 Å². The summed E-state index contributed by atoms with van der Waals surface area (Å²) in [6, 6.07) is 8.77. The molecule has 104 valence electrons. The lowest BCUT2D eigenvalue weighted by Crippen LogP contribution is -2.30. The lowest BCUT2D eigenvalue weighted by atomic mass is 10.1. The molecule has 1 amide bonds. The first-order chi connectivity index (χ1) is 9.61. The van der Waals surface area contributed by atoms with E-state index in [9.17, 15) is 9.90 Å². The number of amides is 1. The van der Waals surface area contributed by atoms with Gasteiger partial charge in [-0.1, -0.05) is 0 Å². The molecule has 1 N–H and O–H groups in total. The number of aromatic nitrogens is 1. The van der Waals surface area contributed by atoms with Gasteiger partial charge in [0, 0.05) is 31.0 Å². The summed E-state index contributed by atoms with van der Waals surface area (Å²) in [7, 11) is 0. The number of nitrogens with zero attached hydrogens (tertiary/aromatic N) is 2. The number of phenols is 1. The Bertz CT molecular complexity index is 602. The number of pyridine rings is 1. The molecule has 0 aliphatic heterocycles. The molecule has 2 aromatic rings. The number of aromatic hydroxyl groups is 1. The van der Waals surface area contributed by atoms with E-state index in [1.807, 2.05) is 41.6 Å². The van der Waals surface area contributed by atoms with Crippen LogP contribution in [0.3, 0.4) is 0 Å². The Morgan fingerprint density at radius 1 is 1.30 bits per heavy atom. The van der Waals surface area contributed by atoms with Crippen LogP contribution in [0.1, 0.15) is 22.8 Å². The van der Waals surface area contributed by atoms with Crippen LogP contribution >= 0.6 is 22.6 Å². The minimum absolute atomic E-state index is 0.0870. The first-order valence-electron chi connectivity index (χ1n) is 6.28. The minimum Gasteiger partial charge on any atom is -0.507 e. The second kappa shape index (κ2) is 6.69. The van der Waals surface area contributed by atoms with Crippen molar-refractivity contribution in [3.63, 3.8) is 0 Å². The van der Waals surface area contributed by atoms with E-state index in [0.717, 1.165) is 9.13 Å². The van der Waals surface area contributed by atoms with Crippen molar-refractivity contribution in [1.82, 2.24) is 9.88 Å². The molecule has 0 bridgehead atoms. The average molecular weight is 382 g/mol. The van der Waals surface area contributed by atoms with Crippen molar-refractivity contribution in [3.05, 3.63) is 57.4 Å². The third-order valence-electron chi connectivity index (χ3n) is 2.98. The van der Waals surface area contributed by atoms with Crippen LogP contribution < -0.4 is 0 Å². The Kier molecular flexibility index (Phi) is 4.94. The van der Waals surface area contributed by atoms with Crippen LogP contribution in [0.5, 0.6) is 5.75 Å². The standard InChI is InChI=1S/C15H15IN2O2/c1-2-18(10-11-5-7-17-8-6-11)15(20)12-3-4-13(16)14(19)9-12/h3-9,19H,2,10H2,1H3. The second-order valence-corrected chi connectivity index (χ2v) is 5.50. The molecule has 1 aromatic heterocycles. The van der Waals surface area contributed by atoms with Gasteiger partial charge < -0.3 is 10.0 Å². The molecule has 20 heavy (non-hydrogen) atoms. The molecule has 0 aliphatic carbocycles. The molecule has 0 unspecified atom stereocenters. The maximum atomic E-state index is 12.4. The maximum Gasteiger partial charge on any atom is 0.254 e. The smallest absolute Gasteiger partial charge is 0.254 e. The molecular formula is C15H15IN2O2. The molecule has 2 rings (SSSR count). The molecule has 0 aliphatic rings. The molecule has 0 fully saturated rings. The van der Waals surface area contributed by atoms with E-state index in [2.05, 4.69) is 4.98 Å². The Labute approximate surface area is 131 Å². The molecule has 0 saturated carbocycles. The molecule has 5 heteroatoms. The van der Waals surface area contributed by atoms with Gasteiger partial charge in [0.2, 0.25) is 0 Å². The van der Waals surface area contributed by atoms with Crippen LogP contribution in [0.25, 0.3) is 0 Å². The van der Waals surface area contributed by atoms with E-state index in [-0.39, 0.29) is 11.7 Å². The van der Waals surface area contributed by atoms with Gasteiger partial charge in [0.05, 0.1) is 3.57 Å². The van der Waals surface area contributed by atoms with Crippen molar-refractivity contribution < 1.29 is 9.90 Å². The molecule has 1 aromatic carbocycles. The summed E-state index contributed by atoms with van der Waals surface area (Å²) in [5.41, 5.74) is 1.53.